The van der Waals surface area contributed by atoms with Crippen LogP contribution in [0, 0.1) is 6.92 Å². The Labute approximate surface area is 112 Å². The summed E-state index contributed by atoms with van der Waals surface area (Å²) in [5.74, 6) is 0. The molecule has 0 saturated carbocycles. The number of sulfonamides is 1. The summed E-state index contributed by atoms with van der Waals surface area (Å²) >= 11 is 0. The van der Waals surface area contributed by atoms with Gasteiger partial charge in [0.05, 0.1) is 17.9 Å². The van der Waals surface area contributed by atoms with Gasteiger partial charge in [0.25, 0.3) is 0 Å². The average Bonchev–Trinajstić information content (AvgIpc) is 2.93. The summed E-state index contributed by atoms with van der Waals surface area (Å²) in [5, 5.41) is 8.13. The van der Waals surface area contributed by atoms with Gasteiger partial charge in [0, 0.05) is 26.0 Å². The van der Waals surface area contributed by atoms with Crippen molar-refractivity contribution in [3.8, 4) is 0 Å². The lowest BCUT2D eigenvalue weighted by molar-refractivity contribution is 0.570. The van der Waals surface area contributed by atoms with Crippen LogP contribution in [-0.2, 0) is 30.2 Å². The molecule has 0 atom stereocenters. The molecule has 0 aliphatic rings. The molecule has 0 spiro atoms. The van der Waals surface area contributed by atoms with E-state index in [2.05, 4.69) is 14.9 Å². The molecule has 0 aromatic carbocycles. The Balaban J connectivity index is 2.17. The minimum atomic E-state index is -3.55. The van der Waals surface area contributed by atoms with Crippen LogP contribution in [-0.4, -0.2) is 28.0 Å². The topological polar surface area (TPSA) is 81.8 Å². The number of aryl methyl sites for hydroxylation is 3. The van der Waals surface area contributed by atoms with Gasteiger partial charge >= 0.3 is 0 Å². The molecular formula is C11H17N5O2S. The highest BCUT2D eigenvalue weighted by Crippen LogP contribution is 2.13. The zero-order valence-corrected chi connectivity index (χ0v) is 12.0. The van der Waals surface area contributed by atoms with Crippen molar-refractivity contribution in [2.75, 3.05) is 0 Å². The maximum absolute atomic E-state index is 12.2. The van der Waals surface area contributed by atoms with Crippen molar-refractivity contribution < 1.29 is 8.42 Å². The van der Waals surface area contributed by atoms with Crippen LogP contribution < -0.4 is 4.72 Å². The Hall–Kier alpha value is -1.67. The van der Waals surface area contributed by atoms with Crippen LogP contribution in [0.15, 0.2) is 23.4 Å². The van der Waals surface area contributed by atoms with Crippen LogP contribution in [0.5, 0.6) is 0 Å². The molecular weight excluding hydrogens is 266 g/mol. The van der Waals surface area contributed by atoms with E-state index in [1.54, 1.807) is 30.9 Å². The smallest absolute Gasteiger partial charge is 0.244 e. The summed E-state index contributed by atoms with van der Waals surface area (Å²) in [6.45, 7) is 4.54. The summed E-state index contributed by atoms with van der Waals surface area (Å²) in [6.07, 6.45) is 3.15. The van der Waals surface area contributed by atoms with E-state index in [4.69, 9.17) is 0 Å². The van der Waals surface area contributed by atoms with Crippen molar-refractivity contribution >= 4 is 10.0 Å². The number of nitrogens with one attached hydrogen (secondary N) is 1. The average molecular weight is 283 g/mol. The van der Waals surface area contributed by atoms with Gasteiger partial charge in [-0.25, -0.2) is 13.1 Å². The summed E-state index contributed by atoms with van der Waals surface area (Å²) in [7, 11) is -1.85. The van der Waals surface area contributed by atoms with Crippen LogP contribution in [0.4, 0.5) is 0 Å². The minimum Gasteiger partial charge on any atom is -0.274 e. The number of rotatable bonds is 5. The Morgan fingerprint density at radius 1 is 1.42 bits per heavy atom. The highest BCUT2D eigenvalue weighted by molar-refractivity contribution is 7.89. The van der Waals surface area contributed by atoms with Gasteiger partial charge in [0.2, 0.25) is 10.0 Å². The summed E-state index contributed by atoms with van der Waals surface area (Å²) < 4.78 is 30.1. The molecule has 0 fully saturated rings. The van der Waals surface area contributed by atoms with Gasteiger partial charge in [-0.15, -0.1) is 0 Å². The molecule has 0 amide bonds. The second-order valence-electron chi connectivity index (χ2n) is 4.22. The molecule has 0 aliphatic heterocycles. The molecule has 8 heteroatoms. The Morgan fingerprint density at radius 3 is 2.74 bits per heavy atom. The van der Waals surface area contributed by atoms with E-state index in [9.17, 15) is 8.42 Å². The molecule has 0 unspecified atom stereocenters. The Bertz CT molecular complexity index is 671. The first-order chi connectivity index (χ1) is 8.94. The van der Waals surface area contributed by atoms with E-state index in [1.165, 1.54) is 10.9 Å². The third-order valence-corrected chi connectivity index (χ3v) is 4.31. The van der Waals surface area contributed by atoms with E-state index in [0.717, 1.165) is 5.69 Å². The lowest BCUT2D eigenvalue weighted by Crippen LogP contribution is -2.25. The number of hydrogen-bond donors (Lipinski definition) is 1. The molecule has 1 N–H and O–H groups in total. The van der Waals surface area contributed by atoms with Gasteiger partial charge in [0.1, 0.15) is 4.90 Å². The van der Waals surface area contributed by atoms with Gasteiger partial charge in [-0.05, 0) is 19.9 Å². The molecule has 0 aliphatic carbocycles. The molecule has 2 aromatic rings. The summed E-state index contributed by atoms with van der Waals surface area (Å²) in [6, 6.07) is 1.79. The fourth-order valence-corrected chi connectivity index (χ4v) is 3.10. The van der Waals surface area contributed by atoms with Crippen molar-refractivity contribution in [1.82, 2.24) is 24.3 Å². The SMILES string of the molecule is CCn1nccc1CNS(=O)(=O)c1cn(C)nc1C. The van der Waals surface area contributed by atoms with Gasteiger partial charge < -0.3 is 0 Å². The second-order valence-corrected chi connectivity index (χ2v) is 5.95. The molecule has 0 saturated heterocycles. The monoisotopic (exact) mass is 283 g/mol. The third kappa shape index (κ3) is 2.85. The molecule has 7 nitrogen and oxygen atoms in total. The molecule has 2 heterocycles. The zero-order chi connectivity index (χ0) is 14.0. The summed E-state index contributed by atoms with van der Waals surface area (Å²) in [4.78, 5) is 0.206. The molecule has 2 rings (SSSR count). The van der Waals surface area contributed by atoms with Gasteiger partial charge in [-0.2, -0.15) is 10.2 Å². The first kappa shape index (κ1) is 13.8. The number of aromatic nitrogens is 4. The van der Waals surface area contributed by atoms with E-state index in [1.807, 2.05) is 6.92 Å². The molecule has 19 heavy (non-hydrogen) atoms. The van der Waals surface area contributed by atoms with Crippen molar-refractivity contribution in [1.29, 1.82) is 0 Å². The fraction of sp³-hybridized carbons (Fsp3) is 0.455. The van der Waals surface area contributed by atoms with Crippen molar-refractivity contribution in [2.24, 2.45) is 7.05 Å². The van der Waals surface area contributed by atoms with Gasteiger partial charge in [0.15, 0.2) is 0 Å². The maximum Gasteiger partial charge on any atom is 0.244 e. The van der Waals surface area contributed by atoms with Crippen molar-refractivity contribution in [3.05, 3.63) is 29.8 Å². The van der Waals surface area contributed by atoms with E-state index in [-0.39, 0.29) is 11.4 Å². The molecule has 0 bridgehead atoms. The van der Waals surface area contributed by atoms with Crippen LogP contribution in [0.3, 0.4) is 0 Å². The standard InChI is InChI=1S/C11H17N5O2S/c1-4-16-10(5-6-12-16)7-13-19(17,18)11-8-15(3)14-9(11)2/h5-6,8,13H,4,7H2,1-3H3. The number of hydrogen-bond acceptors (Lipinski definition) is 4. The second kappa shape index (κ2) is 5.14. The lowest BCUT2D eigenvalue weighted by Gasteiger charge is -2.07. The van der Waals surface area contributed by atoms with E-state index in [0.29, 0.717) is 12.2 Å². The Morgan fingerprint density at radius 2 is 2.16 bits per heavy atom. The van der Waals surface area contributed by atoms with E-state index < -0.39 is 10.0 Å². The summed E-state index contributed by atoms with van der Waals surface area (Å²) in [5.41, 5.74) is 1.31. The largest absolute Gasteiger partial charge is 0.274 e. The lowest BCUT2D eigenvalue weighted by atomic mass is 10.4. The van der Waals surface area contributed by atoms with Crippen LogP contribution in [0.25, 0.3) is 0 Å². The number of nitrogens with zero attached hydrogens (tertiary/aromatic N) is 4. The van der Waals surface area contributed by atoms with Crippen LogP contribution in [0.1, 0.15) is 18.3 Å². The van der Waals surface area contributed by atoms with Crippen LogP contribution >= 0.6 is 0 Å². The Kier molecular flexibility index (Phi) is 3.72. The molecule has 104 valence electrons. The highest BCUT2D eigenvalue weighted by Gasteiger charge is 2.19. The molecule has 2 aromatic heterocycles. The predicted octanol–water partition coefficient (Wildman–Crippen LogP) is 0.423. The van der Waals surface area contributed by atoms with Crippen molar-refractivity contribution in [2.45, 2.75) is 31.8 Å². The quantitative estimate of drug-likeness (QED) is 0.862. The fourth-order valence-electron chi connectivity index (χ4n) is 1.88. The highest BCUT2D eigenvalue weighted by atomic mass is 32.2. The van der Waals surface area contributed by atoms with Gasteiger partial charge in [-0.1, -0.05) is 0 Å². The first-order valence-electron chi connectivity index (χ1n) is 5.94. The zero-order valence-electron chi connectivity index (χ0n) is 11.2. The third-order valence-electron chi connectivity index (χ3n) is 2.81. The van der Waals surface area contributed by atoms with Gasteiger partial charge in [-0.3, -0.25) is 9.36 Å². The van der Waals surface area contributed by atoms with Crippen LogP contribution in [0.2, 0.25) is 0 Å². The van der Waals surface area contributed by atoms with E-state index >= 15 is 0 Å². The van der Waals surface area contributed by atoms with Crippen molar-refractivity contribution in [3.63, 3.8) is 0 Å². The predicted molar refractivity (Wildman–Crippen MR) is 69.9 cm³/mol. The first-order valence-corrected chi connectivity index (χ1v) is 7.43. The molecule has 0 radical (unpaired) electrons. The minimum absolute atomic E-state index is 0.206. The maximum atomic E-state index is 12.2. The normalized spacial score (nSPS) is 11.9.